The number of nitrogens with one attached hydrogen (secondary N) is 2. The van der Waals surface area contributed by atoms with Crippen molar-refractivity contribution in [3.8, 4) is 10.4 Å². The molecule has 3 rings (SSSR count). The van der Waals surface area contributed by atoms with Crippen LogP contribution in [-0.4, -0.2) is 69.2 Å². The Kier molecular flexibility index (Phi) is 14.5. The zero-order chi connectivity index (χ0) is 33.0. The van der Waals surface area contributed by atoms with Crippen molar-refractivity contribution in [3.63, 3.8) is 0 Å². The molecule has 1 saturated heterocycles. The van der Waals surface area contributed by atoms with Crippen LogP contribution in [0.2, 0.25) is 0 Å². The summed E-state index contributed by atoms with van der Waals surface area (Å²) in [5.74, 6) is -0.827. The predicted octanol–water partition coefficient (Wildman–Crippen LogP) is 5.68. The highest BCUT2D eigenvalue weighted by molar-refractivity contribution is 7.13. The number of aliphatic hydroxyl groups excluding tert-OH is 2. The monoisotopic (exact) mass is 642 g/mol. The van der Waals surface area contributed by atoms with Gasteiger partial charge in [-0.25, -0.2) is 4.98 Å². The highest BCUT2D eigenvalue weighted by Crippen LogP contribution is 2.29. The molecule has 10 heteroatoms. The van der Waals surface area contributed by atoms with Crippen LogP contribution < -0.4 is 10.6 Å². The summed E-state index contributed by atoms with van der Waals surface area (Å²) in [6.07, 6.45) is 9.09. The summed E-state index contributed by atoms with van der Waals surface area (Å²) in [5.41, 5.74) is 4.24. The normalized spacial score (nSPS) is 18.1. The number of likely N-dealkylation sites (tertiary alicyclic amines) is 1. The Morgan fingerprint density at radius 2 is 1.58 bits per heavy atom. The van der Waals surface area contributed by atoms with Crippen LogP contribution >= 0.6 is 11.3 Å². The van der Waals surface area contributed by atoms with Crippen LogP contribution in [0, 0.1) is 12.3 Å². The van der Waals surface area contributed by atoms with Crippen LogP contribution in [0.1, 0.15) is 116 Å². The molecule has 4 N–H and O–H groups in total. The van der Waals surface area contributed by atoms with Crippen LogP contribution in [0.4, 0.5) is 0 Å². The number of aliphatic hydroxyl groups is 2. The minimum atomic E-state index is -0.820. The van der Waals surface area contributed by atoms with Gasteiger partial charge in [0.05, 0.1) is 28.2 Å². The average Bonchev–Trinajstić information content (AvgIpc) is 3.61. The Hall–Kier alpha value is -2.82. The second-order valence-electron chi connectivity index (χ2n) is 13.5. The first-order valence-corrected chi connectivity index (χ1v) is 17.5. The van der Waals surface area contributed by atoms with E-state index in [-0.39, 0.29) is 43.3 Å². The van der Waals surface area contributed by atoms with Gasteiger partial charge < -0.3 is 25.7 Å². The summed E-state index contributed by atoms with van der Waals surface area (Å²) < 4.78 is 0. The number of carbonyl (C=O) groups is 3. The number of β-amino-alcohol motifs (C(OH)–C–C–N with tert-alkyl or cyclic N) is 1. The number of hydrogen-bond acceptors (Lipinski definition) is 7. The van der Waals surface area contributed by atoms with Crippen LogP contribution in [-0.2, 0) is 14.4 Å². The molecular formula is C35H54N4O5S. The van der Waals surface area contributed by atoms with E-state index in [9.17, 15) is 19.5 Å². The molecule has 1 aromatic carbocycles. The van der Waals surface area contributed by atoms with Gasteiger partial charge in [0.2, 0.25) is 17.7 Å². The van der Waals surface area contributed by atoms with Gasteiger partial charge >= 0.3 is 0 Å². The summed E-state index contributed by atoms with van der Waals surface area (Å²) in [6.45, 7) is 9.90. The number of aryl methyl sites for hydroxylation is 1. The molecule has 0 saturated carbocycles. The summed E-state index contributed by atoms with van der Waals surface area (Å²) in [6, 6.07) is 6.08. The third-order valence-corrected chi connectivity index (χ3v) is 9.60. The van der Waals surface area contributed by atoms with Crippen molar-refractivity contribution >= 4 is 29.1 Å². The third-order valence-electron chi connectivity index (χ3n) is 8.62. The van der Waals surface area contributed by atoms with Gasteiger partial charge in [-0.2, -0.15) is 0 Å². The first kappa shape index (κ1) is 36.6. The number of rotatable bonds is 17. The Bertz CT molecular complexity index is 1230. The smallest absolute Gasteiger partial charge is 0.246 e. The lowest BCUT2D eigenvalue weighted by atomic mass is 9.85. The highest BCUT2D eigenvalue weighted by atomic mass is 32.1. The maximum absolute atomic E-state index is 13.9. The maximum atomic E-state index is 13.9. The number of amides is 3. The molecule has 1 aromatic heterocycles. The summed E-state index contributed by atoms with van der Waals surface area (Å²) in [4.78, 5) is 47.1. The Morgan fingerprint density at radius 3 is 2.13 bits per heavy atom. The zero-order valence-corrected chi connectivity index (χ0v) is 28.6. The topological polar surface area (TPSA) is 132 Å². The van der Waals surface area contributed by atoms with E-state index in [1.165, 1.54) is 17.7 Å². The van der Waals surface area contributed by atoms with Crippen LogP contribution in [0.3, 0.4) is 0 Å². The standard InChI is InChI=1S/C35H54N4O5S/c1-24(26-16-18-27(19-17-26)31-25(2)36-23-45-31)37-33(43)29-21-28(41)22-39(29)34(44)32(35(3,4)5)38-30(42)15-13-11-9-7-6-8-10-12-14-20-40/h16-19,23-24,28-29,32,40-41H,6-15,20-22H2,1-5H3,(H,37,43)(H,38,42)/t24-,28?,29?,32+/m0/s1. The number of unbranched alkanes of at least 4 members (excludes halogenated alkanes) is 8. The van der Waals surface area contributed by atoms with Gasteiger partial charge in [-0.3, -0.25) is 14.4 Å². The number of thiazole rings is 1. The molecule has 2 unspecified atom stereocenters. The first-order valence-electron chi connectivity index (χ1n) is 16.6. The third kappa shape index (κ3) is 11.2. The lowest BCUT2D eigenvalue weighted by Crippen LogP contribution is -2.57. The Balaban J connectivity index is 1.53. The number of nitrogens with zero attached hydrogens (tertiary/aromatic N) is 2. The molecular weight excluding hydrogens is 588 g/mol. The van der Waals surface area contributed by atoms with Crippen molar-refractivity contribution < 1.29 is 24.6 Å². The SMILES string of the molecule is Cc1ncsc1-c1ccc([C@H](C)NC(=O)C2CC(O)CN2C(=O)[C@@H](NC(=O)CCCCCCCCCCCO)C(C)(C)C)cc1. The molecule has 0 bridgehead atoms. The maximum Gasteiger partial charge on any atom is 0.246 e. The van der Waals surface area contributed by atoms with Gasteiger partial charge in [0.25, 0.3) is 0 Å². The molecule has 0 radical (unpaired) electrons. The van der Waals surface area contributed by atoms with E-state index in [1.807, 2.05) is 64.4 Å². The van der Waals surface area contributed by atoms with Crippen molar-refractivity contribution in [3.05, 3.63) is 41.0 Å². The Labute approximate surface area is 273 Å². The van der Waals surface area contributed by atoms with E-state index in [2.05, 4.69) is 15.6 Å². The van der Waals surface area contributed by atoms with E-state index in [1.54, 1.807) is 11.3 Å². The van der Waals surface area contributed by atoms with Gasteiger partial charge in [-0.1, -0.05) is 90.0 Å². The van der Waals surface area contributed by atoms with E-state index >= 15 is 0 Å². The van der Waals surface area contributed by atoms with E-state index in [0.717, 1.165) is 66.6 Å². The van der Waals surface area contributed by atoms with Crippen LogP contribution in [0.15, 0.2) is 29.8 Å². The molecule has 250 valence electrons. The van der Waals surface area contributed by atoms with Gasteiger partial charge in [-0.15, -0.1) is 11.3 Å². The molecule has 2 heterocycles. The van der Waals surface area contributed by atoms with Gasteiger partial charge in [0, 0.05) is 26.0 Å². The number of carbonyl (C=O) groups excluding carboxylic acids is 3. The molecule has 1 fully saturated rings. The average molecular weight is 643 g/mol. The van der Waals surface area contributed by atoms with Crippen LogP contribution in [0.5, 0.6) is 0 Å². The van der Waals surface area contributed by atoms with Crippen molar-refractivity contribution in [1.82, 2.24) is 20.5 Å². The van der Waals surface area contributed by atoms with Gasteiger partial charge in [0.1, 0.15) is 12.1 Å². The lowest BCUT2D eigenvalue weighted by Gasteiger charge is -2.35. The van der Waals surface area contributed by atoms with Crippen molar-refractivity contribution in [2.24, 2.45) is 5.41 Å². The summed E-state index contributed by atoms with van der Waals surface area (Å²) in [5, 5.41) is 25.4. The van der Waals surface area contributed by atoms with E-state index in [0.29, 0.717) is 6.42 Å². The summed E-state index contributed by atoms with van der Waals surface area (Å²) >= 11 is 1.59. The van der Waals surface area contributed by atoms with Crippen molar-refractivity contribution in [2.75, 3.05) is 13.2 Å². The molecule has 1 aliphatic heterocycles. The zero-order valence-electron chi connectivity index (χ0n) is 27.8. The number of aromatic nitrogens is 1. The molecule has 4 atom stereocenters. The second kappa shape index (κ2) is 17.8. The molecule has 3 amide bonds. The first-order chi connectivity index (χ1) is 21.4. The van der Waals surface area contributed by atoms with Crippen LogP contribution in [0.25, 0.3) is 10.4 Å². The fourth-order valence-electron chi connectivity index (χ4n) is 5.88. The van der Waals surface area contributed by atoms with Crippen molar-refractivity contribution in [2.45, 2.75) is 129 Å². The molecule has 45 heavy (non-hydrogen) atoms. The quantitative estimate of drug-likeness (QED) is 0.164. The van der Waals surface area contributed by atoms with E-state index < -0.39 is 23.6 Å². The molecule has 0 aliphatic carbocycles. The van der Waals surface area contributed by atoms with Gasteiger partial charge in [-0.05, 0) is 43.2 Å². The Morgan fingerprint density at radius 1 is 0.978 bits per heavy atom. The summed E-state index contributed by atoms with van der Waals surface area (Å²) in [7, 11) is 0. The number of hydrogen-bond donors (Lipinski definition) is 4. The van der Waals surface area contributed by atoms with Crippen molar-refractivity contribution in [1.29, 1.82) is 0 Å². The predicted molar refractivity (Wildman–Crippen MR) is 180 cm³/mol. The molecule has 1 aliphatic rings. The fraction of sp³-hybridized carbons (Fsp3) is 0.657. The number of benzene rings is 1. The lowest BCUT2D eigenvalue weighted by molar-refractivity contribution is -0.144. The fourth-order valence-corrected chi connectivity index (χ4v) is 6.70. The molecule has 0 spiro atoms. The molecule has 9 nitrogen and oxygen atoms in total. The van der Waals surface area contributed by atoms with Gasteiger partial charge in [0.15, 0.2) is 0 Å². The highest BCUT2D eigenvalue weighted by Gasteiger charge is 2.44. The minimum Gasteiger partial charge on any atom is -0.396 e. The second-order valence-corrected chi connectivity index (χ2v) is 14.4. The molecule has 2 aromatic rings. The minimum absolute atomic E-state index is 0.0522. The largest absolute Gasteiger partial charge is 0.396 e. The van der Waals surface area contributed by atoms with E-state index in [4.69, 9.17) is 5.11 Å².